The summed E-state index contributed by atoms with van der Waals surface area (Å²) in [5.41, 5.74) is 0.806. The molecule has 1 atom stereocenters. The molecule has 0 amide bonds. The van der Waals surface area contributed by atoms with Crippen molar-refractivity contribution in [3.05, 3.63) is 29.3 Å². The van der Waals surface area contributed by atoms with Gasteiger partial charge in [-0.15, -0.1) is 0 Å². The maximum absolute atomic E-state index is 14.1. The molecule has 1 aromatic rings. The lowest BCUT2D eigenvalue weighted by Crippen LogP contribution is -2.44. The average Bonchev–Trinajstić information content (AvgIpc) is 2.65. The van der Waals surface area contributed by atoms with Crippen molar-refractivity contribution in [1.29, 1.82) is 0 Å². The Labute approximate surface area is 119 Å². The Hall–Kier alpha value is -1.16. The van der Waals surface area contributed by atoms with Crippen LogP contribution in [0.4, 0.5) is 14.5 Å². The molecule has 2 aliphatic rings. The molecule has 0 N–H and O–H groups in total. The monoisotopic (exact) mass is 280 g/mol. The van der Waals surface area contributed by atoms with Gasteiger partial charge in [0.2, 0.25) is 0 Å². The van der Waals surface area contributed by atoms with Gasteiger partial charge in [-0.1, -0.05) is 6.42 Å². The molecule has 2 aliphatic heterocycles. The molecule has 0 bridgehead atoms. The number of hydrogen-bond acceptors (Lipinski definition) is 2. The third kappa shape index (κ3) is 2.66. The fourth-order valence-corrected chi connectivity index (χ4v) is 3.47. The summed E-state index contributed by atoms with van der Waals surface area (Å²) < 4.78 is 27.9. The van der Waals surface area contributed by atoms with Gasteiger partial charge in [-0.3, -0.25) is 4.90 Å². The van der Waals surface area contributed by atoms with Crippen molar-refractivity contribution in [1.82, 2.24) is 4.90 Å². The maximum Gasteiger partial charge on any atom is 0.146 e. The molecule has 1 unspecified atom stereocenters. The Bertz CT molecular complexity index is 490. The third-order valence-electron chi connectivity index (χ3n) is 4.62. The average molecular weight is 280 g/mol. The van der Waals surface area contributed by atoms with E-state index in [-0.39, 0.29) is 11.6 Å². The lowest BCUT2D eigenvalue weighted by Gasteiger charge is -2.36. The van der Waals surface area contributed by atoms with E-state index in [0.717, 1.165) is 32.6 Å². The summed E-state index contributed by atoms with van der Waals surface area (Å²) in [6.45, 7) is 5.47. The highest BCUT2D eigenvalue weighted by atomic mass is 19.1. The Kier molecular flexibility index (Phi) is 3.92. The van der Waals surface area contributed by atoms with Crippen LogP contribution in [-0.4, -0.2) is 37.1 Å². The minimum absolute atomic E-state index is 0.298. The highest BCUT2D eigenvalue weighted by molar-refractivity contribution is 5.50. The van der Waals surface area contributed by atoms with Crippen LogP contribution in [0, 0.1) is 18.6 Å². The number of nitrogens with zero attached hydrogens (tertiary/aromatic N) is 2. The van der Waals surface area contributed by atoms with Crippen LogP contribution < -0.4 is 4.90 Å². The molecular weight excluding hydrogens is 258 g/mol. The number of halogens is 2. The molecule has 20 heavy (non-hydrogen) atoms. The fourth-order valence-electron chi connectivity index (χ4n) is 3.47. The van der Waals surface area contributed by atoms with Crippen molar-refractivity contribution in [3.8, 4) is 0 Å². The van der Waals surface area contributed by atoms with Crippen molar-refractivity contribution in [3.63, 3.8) is 0 Å². The number of piperidine rings is 1. The van der Waals surface area contributed by atoms with E-state index in [1.165, 1.54) is 31.4 Å². The largest absolute Gasteiger partial charge is 0.367 e. The predicted octanol–water partition coefficient (Wildman–Crippen LogP) is 3.34. The fraction of sp³-hybridized carbons (Fsp3) is 0.625. The van der Waals surface area contributed by atoms with E-state index in [1.54, 1.807) is 6.92 Å². The van der Waals surface area contributed by atoms with Crippen molar-refractivity contribution in [2.24, 2.45) is 0 Å². The molecule has 0 radical (unpaired) electrons. The summed E-state index contributed by atoms with van der Waals surface area (Å²) in [7, 11) is 0. The highest BCUT2D eigenvalue weighted by Crippen LogP contribution is 2.28. The van der Waals surface area contributed by atoms with E-state index in [0.29, 0.717) is 17.3 Å². The zero-order chi connectivity index (χ0) is 14.1. The molecule has 4 heteroatoms. The van der Waals surface area contributed by atoms with Crippen molar-refractivity contribution >= 4 is 5.69 Å². The molecule has 2 fully saturated rings. The van der Waals surface area contributed by atoms with E-state index in [9.17, 15) is 8.78 Å². The molecule has 0 spiro atoms. The van der Waals surface area contributed by atoms with E-state index < -0.39 is 0 Å². The number of fused-ring (bicyclic) bond motifs is 1. The summed E-state index contributed by atoms with van der Waals surface area (Å²) in [6.07, 6.45) is 4.71. The van der Waals surface area contributed by atoms with Crippen LogP contribution in [0.2, 0.25) is 0 Å². The zero-order valence-electron chi connectivity index (χ0n) is 12.0. The second-order valence-electron chi connectivity index (χ2n) is 6.04. The Morgan fingerprint density at radius 2 is 1.80 bits per heavy atom. The van der Waals surface area contributed by atoms with E-state index in [1.807, 2.05) is 4.90 Å². The molecule has 2 nitrogen and oxygen atoms in total. The predicted molar refractivity (Wildman–Crippen MR) is 77.1 cm³/mol. The molecule has 0 aromatic heterocycles. The smallest absolute Gasteiger partial charge is 0.146 e. The van der Waals surface area contributed by atoms with Crippen LogP contribution in [0.5, 0.6) is 0 Å². The summed E-state index contributed by atoms with van der Waals surface area (Å²) >= 11 is 0. The molecule has 0 saturated carbocycles. The zero-order valence-corrected chi connectivity index (χ0v) is 12.0. The molecule has 2 heterocycles. The van der Waals surface area contributed by atoms with Crippen molar-refractivity contribution in [2.75, 3.05) is 31.1 Å². The van der Waals surface area contributed by atoms with Crippen LogP contribution in [-0.2, 0) is 0 Å². The lowest BCUT2D eigenvalue weighted by atomic mass is 10.0. The minimum atomic E-state index is -0.314. The van der Waals surface area contributed by atoms with Crippen LogP contribution in [0.1, 0.15) is 31.2 Å². The first kappa shape index (κ1) is 13.8. The van der Waals surface area contributed by atoms with Crippen LogP contribution in [0.3, 0.4) is 0 Å². The van der Waals surface area contributed by atoms with Crippen molar-refractivity contribution < 1.29 is 8.78 Å². The second-order valence-corrected chi connectivity index (χ2v) is 6.04. The van der Waals surface area contributed by atoms with E-state index in [2.05, 4.69) is 4.90 Å². The molecule has 0 aliphatic carbocycles. The summed E-state index contributed by atoms with van der Waals surface area (Å²) in [5, 5.41) is 0. The number of hydrogen-bond donors (Lipinski definition) is 0. The Balaban J connectivity index is 1.84. The van der Waals surface area contributed by atoms with Gasteiger partial charge >= 0.3 is 0 Å². The lowest BCUT2D eigenvalue weighted by molar-refractivity contribution is 0.162. The van der Waals surface area contributed by atoms with E-state index in [4.69, 9.17) is 0 Å². The first-order valence-electron chi connectivity index (χ1n) is 7.60. The quantitative estimate of drug-likeness (QED) is 0.778. The molecule has 3 rings (SSSR count). The van der Waals surface area contributed by atoms with Gasteiger partial charge in [0.05, 0.1) is 5.69 Å². The van der Waals surface area contributed by atoms with Gasteiger partial charge < -0.3 is 4.90 Å². The summed E-state index contributed by atoms with van der Waals surface area (Å²) in [4.78, 5) is 4.56. The van der Waals surface area contributed by atoms with Crippen LogP contribution in [0.15, 0.2) is 12.1 Å². The minimum Gasteiger partial charge on any atom is -0.367 e. The first-order chi connectivity index (χ1) is 9.65. The van der Waals surface area contributed by atoms with Crippen LogP contribution >= 0.6 is 0 Å². The van der Waals surface area contributed by atoms with Crippen LogP contribution in [0.25, 0.3) is 0 Å². The SMILES string of the molecule is Cc1cc(F)c(N2CCCN3CCCCC3C2)cc1F. The molecule has 110 valence electrons. The molecule has 2 saturated heterocycles. The normalized spacial score (nSPS) is 24.4. The number of rotatable bonds is 1. The van der Waals surface area contributed by atoms with Gasteiger partial charge in [0.1, 0.15) is 11.6 Å². The maximum atomic E-state index is 14.1. The van der Waals surface area contributed by atoms with Gasteiger partial charge in [-0.2, -0.15) is 0 Å². The van der Waals surface area contributed by atoms with Gasteiger partial charge in [-0.25, -0.2) is 8.78 Å². The van der Waals surface area contributed by atoms with Gasteiger partial charge in [0, 0.05) is 31.7 Å². The van der Waals surface area contributed by atoms with E-state index >= 15 is 0 Å². The first-order valence-corrected chi connectivity index (χ1v) is 7.60. The van der Waals surface area contributed by atoms with Gasteiger partial charge in [0.15, 0.2) is 0 Å². The molecular formula is C16H22F2N2. The topological polar surface area (TPSA) is 6.48 Å². The summed E-state index contributed by atoms with van der Waals surface area (Å²) in [6, 6.07) is 3.17. The summed E-state index contributed by atoms with van der Waals surface area (Å²) in [5.74, 6) is -0.612. The molecule has 1 aromatic carbocycles. The van der Waals surface area contributed by atoms with Gasteiger partial charge in [0.25, 0.3) is 0 Å². The number of anilines is 1. The Morgan fingerprint density at radius 3 is 2.65 bits per heavy atom. The van der Waals surface area contributed by atoms with Gasteiger partial charge in [-0.05, 0) is 44.4 Å². The second kappa shape index (κ2) is 5.68. The Morgan fingerprint density at radius 1 is 1.00 bits per heavy atom. The number of aryl methyl sites for hydroxylation is 1. The van der Waals surface area contributed by atoms with Crippen molar-refractivity contribution in [2.45, 2.75) is 38.6 Å². The number of benzene rings is 1. The highest BCUT2D eigenvalue weighted by Gasteiger charge is 2.28. The standard InChI is InChI=1S/C16H22F2N2/c1-12-9-15(18)16(10-14(12)17)20-8-4-7-19-6-3-2-5-13(19)11-20/h9-10,13H,2-8,11H2,1H3. The third-order valence-corrected chi connectivity index (χ3v) is 4.62.